The molecular formula is C20H24ClN5. The van der Waals surface area contributed by atoms with Gasteiger partial charge in [-0.15, -0.1) is 0 Å². The minimum absolute atomic E-state index is 0.181. The first-order valence-electron chi connectivity index (χ1n) is 9.37. The number of hydrogen-bond acceptors (Lipinski definition) is 5. The number of anilines is 1. The van der Waals surface area contributed by atoms with Gasteiger partial charge in [0.2, 0.25) is 0 Å². The Morgan fingerprint density at radius 2 is 1.81 bits per heavy atom. The summed E-state index contributed by atoms with van der Waals surface area (Å²) < 4.78 is 0. The summed E-state index contributed by atoms with van der Waals surface area (Å²) in [6.45, 7) is 8.80. The molecule has 0 aromatic heterocycles. The monoisotopic (exact) mass is 369 g/mol. The first kappa shape index (κ1) is 16.3. The van der Waals surface area contributed by atoms with E-state index in [9.17, 15) is 0 Å². The smallest absolute Gasteiger partial charge is 0.176 e. The molecule has 5 nitrogen and oxygen atoms in total. The zero-order chi connectivity index (χ0) is 18.0. The number of aliphatic imine (C=N–C) groups is 2. The maximum absolute atomic E-state index is 6.26. The van der Waals surface area contributed by atoms with Gasteiger partial charge in [-0.2, -0.15) is 0 Å². The molecule has 6 heteroatoms. The predicted molar refractivity (Wildman–Crippen MR) is 108 cm³/mol. The van der Waals surface area contributed by atoms with Gasteiger partial charge in [0.05, 0.1) is 17.4 Å². The second-order valence-corrected chi connectivity index (χ2v) is 8.52. The van der Waals surface area contributed by atoms with Crippen LogP contribution in [0.4, 0.5) is 11.4 Å². The normalized spacial score (nSPS) is 30.5. The largest absolute Gasteiger partial charge is 0.353 e. The van der Waals surface area contributed by atoms with E-state index in [1.165, 1.54) is 18.7 Å². The highest BCUT2D eigenvalue weighted by Gasteiger charge is 2.42. The molecule has 2 saturated heterocycles. The van der Waals surface area contributed by atoms with E-state index in [0.29, 0.717) is 0 Å². The molecule has 4 heterocycles. The van der Waals surface area contributed by atoms with E-state index >= 15 is 0 Å². The van der Waals surface area contributed by atoms with Crippen LogP contribution in [0, 0.1) is 11.8 Å². The molecule has 0 spiro atoms. The minimum atomic E-state index is 0.181. The second kappa shape index (κ2) is 5.83. The Kier molecular flexibility index (Phi) is 3.66. The highest BCUT2D eigenvalue weighted by atomic mass is 35.5. The molecule has 5 rings (SSSR count). The molecule has 4 aliphatic rings. The molecule has 136 valence electrons. The maximum Gasteiger partial charge on any atom is 0.176 e. The number of hydrogen-bond donors (Lipinski definition) is 0. The molecule has 0 N–H and O–H groups in total. The third-order valence-corrected chi connectivity index (χ3v) is 6.36. The molecule has 3 atom stereocenters. The summed E-state index contributed by atoms with van der Waals surface area (Å²) in [5.41, 5.74) is 3.24. The molecule has 0 amide bonds. The Bertz CT molecular complexity index is 844. The van der Waals surface area contributed by atoms with Gasteiger partial charge in [0.25, 0.3) is 0 Å². The average Bonchev–Trinajstić information content (AvgIpc) is 3.13. The van der Waals surface area contributed by atoms with Crippen LogP contribution in [0.5, 0.6) is 0 Å². The summed E-state index contributed by atoms with van der Waals surface area (Å²) in [4.78, 5) is 17.1. The van der Waals surface area contributed by atoms with Crippen LogP contribution in [-0.4, -0.2) is 60.7 Å². The van der Waals surface area contributed by atoms with Gasteiger partial charge in [0.1, 0.15) is 0 Å². The lowest BCUT2D eigenvalue weighted by Gasteiger charge is -2.36. The lowest BCUT2D eigenvalue weighted by Crippen LogP contribution is -2.47. The molecule has 0 bridgehead atoms. The minimum Gasteiger partial charge on any atom is -0.353 e. The van der Waals surface area contributed by atoms with Crippen LogP contribution >= 0.6 is 11.6 Å². The molecule has 26 heavy (non-hydrogen) atoms. The van der Waals surface area contributed by atoms with E-state index in [1.54, 1.807) is 0 Å². The summed E-state index contributed by atoms with van der Waals surface area (Å²) in [7, 11) is 2.23. The first-order chi connectivity index (χ1) is 12.5. The van der Waals surface area contributed by atoms with E-state index in [4.69, 9.17) is 21.6 Å². The van der Waals surface area contributed by atoms with Crippen LogP contribution < -0.4 is 4.90 Å². The Balaban J connectivity index is 1.57. The van der Waals surface area contributed by atoms with Crippen LogP contribution in [0.25, 0.3) is 0 Å². The summed E-state index contributed by atoms with van der Waals surface area (Å²) in [5.74, 6) is 3.46. The topological polar surface area (TPSA) is 34.4 Å². The zero-order valence-electron chi connectivity index (χ0n) is 15.5. The predicted octanol–water partition coefficient (Wildman–Crippen LogP) is 3.39. The molecular weight excluding hydrogens is 346 g/mol. The van der Waals surface area contributed by atoms with E-state index in [1.807, 2.05) is 18.2 Å². The SMILES string of the molecule is CC1=CN2C(=NC1C)C(N1CC3CN(C)CC3C1)=Nc1ccc(Cl)cc12. The summed E-state index contributed by atoms with van der Waals surface area (Å²) in [5, 5.41) is 0.727. The van der Waals surface area contributed by atoms with Gasteiger partial charge in [0, 0.05) is 37.4 Å². The van der Waals surface area contributed by atoms with Gasteiger partial charge >= 0.3 is 0 Å². The fourth-order valence-corrected chi connectivity index (χ4v) is 4.80. The van der Waals surface area contributed by atoms with Gasteiger partial charge in [-0.3, -0.25) is 9.89 Å². The third kappa shape index (κ3) is 2.48. The Labute approximate surface area is 159 Å². The van der Waals surface area contributed by atoms with Crippen molar-refractivity contribution < 1.29 is 0 Å². The Morgan fingerprint density at radius 1 is 1.08 bits per heavy atom. The molecule has 1 aromatic carbocycles. The van der Waals surface area contributed by atoms with Crippen molar-refractivity contribution in [3.8, 4) is 0 Å². The number of likely N-dealkylation sites (tertiary alicyclic amines) is 2. The number of benzene rings is 1. The van der Waals surface area contributed by atoms with E-state index in [-0.39, 0.29) is 6.04 Å². The first-order valence-corrected chi connectivity index (χ1v) is 9.75. The molecule has 0 saturated carbocycles. The lowest BCUT2D eigenvalue weighted by molar-refractivity contribution is 0.349. The van der Waals surface area contributed by atoms with Crippen LogP contribution in [-0.2, 0) is 0 Å². The number of fused-ring (bicyclic) bond motifs is 4. The van der Waals surface area contributed by atoms with Crippen LogP contribution in [0.2, 0.25) is 5.02 Å². The van der Waals surface area contributed by atoms with Crippen molar-refractivity contribution in [1.29, 1.82) is 0 Å². The Hall–Kier alpha value is -1.85. The van der Waals surface area contributed by atoms with Gasteiger partial charge in [-0.1, -0.05) is 11.6 Å². The summed E-state index contributed by atoms with van der Waals surface area (Å²) in [6, 6.07) is 6.10. The van der Waals surface area contributed by atoms with E-state index in [0.717, 1.165) is 53.0 Å². The van der Waals surface area contributed by atoms with Crippen molar-refractivity contribution in [1.82, 2.24) is 9.80 Å². The molecule has 0 radical (unpaired) electrons. The van der Waals surface area contributed by atoms with Gasteiger partial charge < -0.3 is 9.80 Å². The fourth-order valence-electron chi connectivity index (χ4n) is 4.63. The average molecular weight is 370 g/mol. The highest BCUT2D eigenvalue weighted by molar-refractivity contribution is 6.48. The third-order valence-electron chi connectivity index (χ3n) is 6.13. The molecule has 4 aliphatic heterocycles. The van der Waals surface area contributed by atoms with Crippen molar-refractivity contribution in [3.05, 3.63) is 35.0 Å². The number of halogens is 1. The van der Waals surface area contributed by atoms with Gasteiger partial charge in [-0.25, -0.2) is 4.99 Å². The number of amidine groups is 2. The molecule has 1 aromatic rings. The van der Waals surface area contributed by atoms with Crippen LogP contribution in [0.3, 0.4) is 0 Å². The molecule has 0 aliphatic carbocycles. The number of nitrogens with zero attached hydrogens (tertiary/aromatic N) is 5. The summed E-state index contributed by atoms with van der Waals surface area (Å²) in [6.07, 6.45) is 2.20. The zero-order valence-corrected chi connectivity index (χ0v) is 16.2. The van der Waals surface area contributed by atoms with Gasteiger partial charge in [0.15, 0.2) is 11.7 Å². The second-order valence-electron chi connectivity index (χ2n) is 8.09. The standard InChI is InChI=1S/C20H24ClN5/c1-12-7-26-18-6-16(21)4-5-17(18)23-19(20(26)22-13(12)2)25-10-14-8-24(3)9-15(14)11-25/h4-7,13-15H,8-11H2,1-3H3. The Morgan fingerprint density at radius 3 is 2.54 bits per heavy atom. The van der Waals surface area contributed by atoms with Crippen LogP contribution in [0.1, 0.15) is 13.8 Å². The fraction of sp³-hybridized carbons (Fsp3) is 0.500. The summed E-state index contributed by atoms with van der Waals surface area (Å²) >= 11 is 6.26. The van der Waals surface area contributed by atoms with Crippen molar-refractivity contribution in [3.63, 3.8) is 0 Å². The van der Waals surface area contributed by atoms with Gasteiger partial charge in [-0.05, 0) is 56.5 Å². The van der Waals surface area contributed by atoms with E-state index in [2.05, 4.69) is 41.8 Å². The van der Waals surface area contributed by atoms with E-state index < -0.39 is 0 Å². The molecule has 2 fully saturated rings. The van der Waals surface area contributed by atoms with Crippen molar-refractivity contribution >= 4 is 34.6 Å². The van der Waals surface area contributed by atoms with Crippen LogP contribution in [0.15, 0.2) is 40.0 Å². The highest BCUT2D eigenvalue weighted by Crippen LogP contribution is 2.39. The van der Waals surface area contributed by atoms with Crippen molar-refractivity contribution in [2.75, 3.05) is 38.1 Å². The quantitative estimate of drug-likeness (QED) is 0.703. The van der Waals surface area contributed by atoms with Crippen molar-refractivity contribution in [2.24, 2.45) is 21.8 Å². The molecule has 3 unspecified atom stereocenters. The lowest BCUT2D eigenvalue weighted by atomic mass is 10.0. The number of rotatable bonds is 0. The van der Waals surface area contributed by atoms with Crippen molar-refractivity contribution in [2.45, 2.75) is 19.9 Å². The maximum atomic E-state index is 6.26.